The third-order valence-corrected chi connectivity index (χ3v) is 5.44. The highest BCUT2D eigenvalue weighted by molar-refractivity contribution is 5.79. The molecule has 138 valence electrons. The molecule has 6 nitrogen and oxygen atoms in total. The number of nitrogens with one attached hydrogen (secondary N) is 2. The van der Waals surface area contributed by atoms with Crippen LogP contribution in [0.5, 0.6) is 0 Å². The van der Waals surface area contributed by atoms with Crippen LogP contribution in [0.25, 0.3) is 0 Å². The highest BCUT2D eigenvalue weighted by atomic mass is 16.5. The summed E-state index contributed by atoms with van der Waals surface area (Å²) in [4.78, 5) is 11.4. The minimum absolute atomic E-state index is 0.241. The Bertz CT molecular complexity index is 536. The molecule has 0 spiro atoms. The van der Waals surface area contributed by atoms with Gasteiger partial charge in [0.15, 0.2) is 5.96 Å². The standard InChI is InChI=1S/C19H31N5O/c1-20-18(22-15-17-7-3-6-10-21-17)23-16-19(8-4-2-5-9-19)24-11-13-25-14-12-24/h3,6-7,10H,2,4-5,8-9,11-16H2,1H3,(H2,20,22,23). The topological polar surface area (TPSA) is 61.8 Å². The Labute approximate surface area is 151 Å². The van der Waals surface area contributed by atoms with Crippen LogP contribution in [-0.4, -0.2) is 61.3 Å². The number of nitrogens with zero attached hydrogens (tertiary/aromatic N) is 3. The number of aromatic nitrogens is 1. The number of ether oxygens (including phenoxy) is 1. The van der Waals surface area contributed by atoms with Crippen LogP contribution in [-0.2, 0) is 11.3 Å². The molecular formula is C19H31N5O. The molecular weight excluding hydrogens is 314 g/mol. The predicted octanol–water partition coefficient (Wildman–Crippen LogP) is 1.78. The number of hydrogen-bond donors (Lipinski definition) is 2. The molecule has 1 aliphatic carbocycles. The lowest BCUT2D eigenvalue weighted by Gasteiger charge is -2.48. The van der Waals surface area contributed by atoms with Gasteiger partial charge in [-0.2, -0.15) is 0 Å². The minimum atomic E-state index is 0.241. The van der Waals surface area contributed by atoms with E-state index in [4.69, 9.17) is 4.74 Å². The zero-order chi connectivity index (χ0) is 17.4. The summed E-state index contributed by atoms with van der Waals surface area (Å²) >= 11 is 0. The van der Waals surface area contributed by atoms with Gasteiger partial charge in [0.05, 0.1) is 25.5 Å². The second-order valence-electron chi connectivity index (χ2n) is 6.98. The van der Waals surface area contributed by atoms with Crippen LogP contribution in [0.15, 0.2) is 29.4 Å². The molecule has 2 N–H and O–H groups in total. The van der Waals surface area contributed by atoms with Crippen molar-refractivity contribution in [1.29, 1.82) is 0 Å². The molecule has 0 radical (unpaired) electrons. The van der Waals surface area contributed by atoms with Crippen molar-refractivity contribution in [3.8, 4) is 0 Å². The van der Waals surface area contributed by atoms with E-state index in [1.165, 1.54) is 32.1 Å². The van der Waals surface area contributed by atoms with Gasteiger partial charge in [0.25, 0.3) is 0 Å². The van der Waals surface area contributed by atoms with Gasteiger partial charge in [0, 0.05) is 38.4 Å². The number of aliphatic imine (C=N–C) groups is 1. The van der Waals surface area contributed by atoms with Crippen LogP contribution in [0.2, 0.25) is 0 Å². The predicted molar refractivity (Wildman–Crippen MR) is 101 cm³/mol. The SMILES string of the molecule is CN=C(NCc1ccccn1)NCC1(N2CCOCC2)CCCCC1. The van der Waals surface area contributed by atoms with Crippen molar-refractivity contribution >= 4 is 5.96 Å². The minimum Gasteiger partial charge on any atom is -0.379 e. The van der Waals surface area contributed by atoms with Gasteiger partial charge in [0.1, 0.15) is 0 Å². The zero-order valence-electron chi connectivity index (χ0n) is 15.3. The van der Waals surface area contributed by atoms with Gasteiger partial charge >= 0.3 is 0 Å². The first-order valence-electron chi connectivity index (χ1n) is 9.50. The average molecular weight is 345 g/mol. The van der Waals surface area contributed by atoms with Crippen molar-refractivity contribution in [1.82, 2.24) is 20.5 Å². The number of guanidine groups is 1. The molecule has 0 atom stereocenters. The van der Waals surface area contributed by atoms with Gasteiger partial charge in [-0.15, -0.1) is 0 Å². The van der Waals surface area contributed by atoms with Crippen LogP contribution in [0.3, 0.4) is 0 Å². The van der Waals surface area contributed by atoms with Gasteiger partial charge < -0.3 is 15.4 Å². The van der Waals surface area contributed by atoms with Crippen molar-refractivity contribution in [2.24, 2.45) is 4.99 Å². The number of morpholine rings is 1. The van der Waals surface area contributed by atoms with E-state index in [1.807, 2.05) is 31.4 Å². The lowest BCUT2D eigenvalue weighted by Crippen LogP contribution is -2.60. The summed E-state index contributed by atoms with van der Waals surface area (Å²) in [6.07, 6.45) is 8.34. The summed E-state index contributed by atoms with van der Waals surface area (Å²) < 4.78 is 5.56. The fourth-order valence-electron chi connectivity index (χ4n) is 4.00. The normalized spacial score (nSPS) is 21.7. The highest BCUT2D eigenvalue weighted by Crippen LogP contribution is 2.33. The second-order valence-corrected chi connectivity index (χ2v) is 6.98. The molecule has 2 fully saturated rings. The first-order valence-corrected chi connectivity index (χ1v) is 9.50. The molecule has 6 heteroatoms. The maximum atomic E-state index is 5.56. The van der Waals surface area contributed by atoms with Crippen LogP contribution >= 0.6 is 0 Å². The van der Waals surface area contributed by atoms with Crippen LogP contribution in [0.1, 0.15) is 37.8 Å². The van der Waals surface area contributed by atoms with E-state index in [-0.39, 0.29) is 5.54 Å². The molecule has 1 saturated carbocycles. The van der Waals surface area contributed by atoms with E-state index < -0.39 is 0 Å². The first-order chi connectivity index (χ1) is 12.3. The summed E-state index contributed by atoms with van der Waals surface area (Å²) in [5.74, 6) is 0.851. The quantitative estimate of drug-likeness (QED) is 0.629. The van der Waals surface area contributed by atoms with Crippen molar-refractivity contribution < 1.29 is 4.74 Å². The largest absolute Gasteiger partial charge is 0.379 e. The van der Waals surface area contributed by atoms with Gasteiger partial charge in [-0.3, -0.25) is 14.9 Å². The van der Waals surface area contributed by atoms with Crippen molar-refractivity contribution in [2.75, 3.05) is 39.9 Å². The van der Waals surface area contributed by atoms with E-state index in [1.54, 1.807) is 0 Å². The van der Waals surface area contributed by atoms with Crippen LogP contribution in [0, 0.1) is 0 Å². The Kier molecular flexibility index (Phi) is 6.64. The van der Waals surface area contributed by atoms with Crippen molar-refractivity contribution in [3.05, 3.63) is 30.1 Å². The average Bonchev–Trinajstić information content (AvgIpc) is 2.70. The van der Waals surface area contributed by atoms with Gasteiger partial charge in [0.2, 0.25) is 0 Å². The number of pyridine rings is 1. The Morgan fingerprint density at radius 1 is 1.20 bits per heavy atom. The van der Waals surface area contributed by atoms with E-state index in [0.717, 1.165) is 44.5 Å². The number of rotatable bonds is 5. The maximum absolute atomic E-state index is 5.56. The molecule has 1 aromatic rings. The van der Waals surface area contributed by atoms with Gasteiger partial charge in [-0.25, -0.2) is 0 Å². The zero-order valence-corrected chi connectivity index (χ0v) is 15.3. The molecule has 0 unspecified atom stereocenters. The molecule has 25 heavy (non-hydrogen) atoms. The summed E-state index contributed by atoms with van der Waals surface area (Å²) in [7, 11) is 1.83. The number of hydrogen-bond acceptors (Lipinski definition) is 4. The summed E-state index contributed by atoms with van der Waals surface area (Å²) in [6, 6.07) is 5.97. The maximum Gasteiger partial charge on any atom is 0.191 e. The molecule has 2 heterocycles. The lowest BCUT2D eigenvalue weighted by atomic mass is 9.80. The second kappa shape index (κ2) is 9.15. The molecule has 3 rings (SSSR count). The summed E-state index contributed by atoms with van der Waals surface area (Å²) in [5, 5.41) is 6.95. The van der Waals surface area contributed by atoms with E-state index in [2.05, 4.69) is 25.5 Å². The third-order valence-electron chi connectivity index (χ3n) is 5.44. The molecule has 1 aliphatic heterocycles. The summed E-state index contributed by atoms with van der Waals surface area (Å²) in [6.45, 7) is 5.42. The Morgan fingerprint density at radius 3 is 2.68 bits per heavy atom. The molecule has 1 saturated heterocycles. The van der Waals surface area contributed by atoms with Gasteiger partial charge in [-0.05, 0) is 25.0 Å². The smallest absolute Gasteiger partial charge is 0.191 e. The van der Waals surface area contributed by atoms with Crippen LogP contribution < -0.4 is 10.6 Å². The molecule has 0 amide bonds. The van der Waals surface area contributed by atoms with E-state index in [0.29, 0.717) is 6.54 Å². The Balaban J connectivity index is 1.57. The molecule has 1 aromatic heterocycles. The molecule has 0 bridgehead atoms. The highest BCUT2D eigenvalue weighted by Gasteiger charge is 2.38. The lowest BCUT2D eigenvalue weighted by molar-refractivity contribution is -0.0352. The van der Waals surface area contributed by atoms with Crippen molar-refractivity contribution in [3.63, 3.8) is 0 Å². The Morgan fingerprint density at radius 2 is 2.00 bits per heavy atom. The van der Waals surface area contributed by atoms with Crippen molar-refractivity contribution in [2.45, 2.75) is 44.2 Å². The van der Waals surface area contributed by atoms with E-state index >= 15 is 0 Å². The summed E-state index contributed by atoms with van der Waals surface area (Å²) in [5.41, 5.74) is 1.26. The fraction of sp³-hybridized carbons (Fsp3) is 0.684. The molecule has 0 aromatic carbocycles. The molecule has 2 aliphatic rings. The monoisotopic (exact) mass is 345 g/mol. The Hall–Kier alpha value is -1.66. The first kappa shape index (κ1) is 18.1. The van der Waals surface area contributed by atoms with Gasteiger partial charge in [-0.1, -0.05) is 25.3 Å². The fourth-order valence-corrected chi connectivity index (χ4v) is 4.00. The third kappa shape index (κ3) is 4.92. The van der Waals surface area contributed by atoms with E-state index in [9.17, 15) is 0 Å². The van der Waals surface area contributed by atoms with Crippen LogP contribution in [0.4, 0.5) is 0 Å².